The molecular formula is C16H19NO3S2. The lowest BCUT2D eigenvalue weighted by Crippen LogP contribution is -2.25. The molecule has 0 saturated carbocycles. The maximum absolute atomic E-state index is 12.1. The van der Waals surface area contributed by atoms with Crippen LogP contribution in [0.2, 0.25) is 0 Å². The molecule has 1 N–H and O–H groups in total. The number of amides is 1. The van der Waals surface area contributed by atoms with Crippen LogP contribution < -0.4 is 14.8 Å². The van der Waals surface area contributed by atoms with Crippen LogP contribution >= 0.6 is 23.1 Å². The minimum atomic E-state index is -0.117. The number of carbonyl (C=O) groups excluding carboxylic acids is 1. The Bertz CT molecular complexity index is 577. The molecule has 22 heavy (non-hydrogen) atoms. The molecular weight excluding hydrogens is 318 g/mol. The first-order valence-corrected chi connectivity index (χ1v) is 8.87. The van der Waals surface area contributed by atoms with Crippen molar-refractivity contribution in [2.24, 2.45) is 0 Å². The summed E-state index contributed by atoms with van der Waals surface area (Å²) in [6, 6.07) is 9.33. The Morgan fingerprint density at radius 3 is 2.55 bits per heavy atom. The van der Waals surface area contributed by atoms with Gasteiger partial charge in [0, 0.05) is 34.6 Å². The SMILES string of the molecule is COc1cc(OC)cc(C(=O)NCCSCc2cccs2)c1. The van der Waals surface area contributed by atoms with Crippen molar-refractivity contribution >= 4 is 29.0 Å². The van der Waals surface area contributed by atoms with E-state index in [1.165, 1.54) is 4.88 Å². The second-order valence-electron chi connectivity index (χ2n) is 4.49. The van der Waals surface area contributed by atoms with Gasteiger partial charge in [0.25, 0.3) is 5.91 Å². The van der Waals surface area contributed by atoms with E-state index in [-0.39, 0.29) is 5.91 Å². The quantitative estimate of drug-likeness (QED) is 0.750. The standard InChI is InChI=1S/C16H19NO3S2/c1-19-13-8-12(9-14(10-13)20-2)16(18)17-5-7-21-11-15-4-3-6-22-15/h3-4,6,8-10H,5,7,11H2,1-2H3,(H,17,18). The van der Waals surface area contributed by atoms with Crippen LogP contribution in [0.5, 0.6) is 11.5 Å². The van der Waals surface area contributed by atoms with Crippen LogP contribution in [-0.4, -0.2) is 32.4 Å². The molecule has 0 atom stereocenters. The van der Waals surface area contributed by atoms with E-state index < -0.39 is 0 Å². The third-order valence-corrected chi connectivity index (χ3v) is 5.04. The zero-order valence-corrected chi connectivity index (χ0v) is 14.3. The molecule has 6 heteroatoms. The molecule has 0 radical (unpaired) electrons. The molecule has 1 heterocycles. The summed E-state index contributed by atoms with van der Waals surface area (Å²) in [7, 11) is 3.13. The topological polar surface area (TPSA) is 47.6 Å². The van der Waals surface area contributed by atoms with Crippen molar-refractivity contribution in [3.8, 4) is 11.5 Å². The Labute approximate surface area is 138 Å². The van der Waals surface area contributed by atoms with E-state index in [2.05, 4.69) is 22.8 Å². The number of thiophene rings is 1. The summed E-state index contributed by atoms with van der Waals surface area (Å²) in [6.07, 6.45) is 0. The fourth-order valence-corrected chi connectivity index (χ4v) is 3.54. The number of hydrogen-bond donors (Lipinski definition) is 1. The van der Waals surface area contributed by atoms with Crippen LogP contribution in [0.1, 0.15) is 15.2 Å². The van der Waals surface area contributed by atoms with Crippen LogP contribution in [0.25, 0.3) is 0 Å². The Balaban J connectivity index is 1.79. The van der Waals surface area contributed by atoms with Crippen molar-refractivity contribution in [1.82, 2.24) is 5.32 Å². The number of hydrogen-bond acceptors (Lipinski definition) is 5. The summed E-state index contributed by atoms with van der Waals surface area (Å²) in [5.41, 5.74) is 0.541. The molecule has 4 nitrogen and oxygen atoms in total. The molecule has 0 unspecified atom stereocenters. The van der Waals surface area contributed by atoms with Gasteiger partial charge in [-0.25, -0.2) is 0 Å². The fourth-order valence-electron chi connectivity index (χ4n) is 1.84. The summed E-state index contributed by atoms with van der Waals surface area (Å²) in [5.74, 6) is 2.97. The lowest BCUT2D eigenvalue weighted by Gasteiger charge is -2.09. The number of carbonyl (C=O) groups is 1. The zero-order chi connectivity index (χ0) is 15.8. The van der Waals surface area contributed by atoms with Gasteiger partial charge in [-0.2, -0.15) is 11.8 Å². The highest BCUT2D eigenvalue weighted by molar-refractivity contribution is 7.98. The Hall–Kier alpha value is -1.66. The zero-order valence-electron chi connectivity index (χ0n) is 12.6. The van der Waals surface area contributed by atoms with Crippen LogP contribution in [0.3, 0.4) is 0 Å². The normalized spacial score (nSPS) is 10.3. The molecule has 1 aromatic carbocycles. The van der Waals surface area contributed by atoms with Crippen molar-refractivity contribution in [1.29, 1.82) is 0 Å². The number of ether oxygens (including phenoxy) is 2. The van der Waals surface area contributed by atoms with Gasteiger partial charge in [-0.1, -0.05) is 6.07 Å². The summed E-state index contributed by atoms with van der Waals surface area (Å²) in [4.78, 5) is 13.5. The van der Waals surface area contributed by atoms with Gasteiger partial charge in [0.15, 0.2) is 0 Å². The number of benzene rings is 1. The minimum Gasteiger partial charge on any atom is -0.497 e. The highest BCUT2D eigenvalue weighted by Gasteiger charge is 2.09. The summed E-state index contributed by atoms with van der Waals surface area (Å²) < 4.78 is 10.3. The Morgan fingerprint density at radius 2 is 1.95 bits per heavy atom. The third kappa shape index (κ3) is 4.96. The van der Waals surface area contributed by atoms with Gasteiger partial charge in [-0.3, -0.25) is 4.79 Å². The monoisotopic (exact) mass is 337 g/mol. The van der Waals surface area contributed by atoms with Crippen LogP contribution in [-0.2, 0) is 5.75 Å². The highest BCUT2D eigenvalue weighted by Crippen LogP contribution is 2.22. The van der Waals surface area contributed by atoms with Crippen molar-refractivity contribution in [3.63, 3.8) is 0 Å². The first-order valence-electron chi connectivity index (χ1n) is 6.84. The molecule has 0 spiro atoms. The van der Waals surface area contributed by atoms with Gasteiger partial charge in [0.1, 0.15) is 11.5 Å². The molecule has 2 aromatic rings. The van der Waals surface area contributed by atoms with Crippen molar-refractivity contribution in [2.45, 2.75) is 5.75 Å². The minimum absolute atomic E-state index is 0.117. The molecule has 0 aliphatic heterocycles. The number of nitrogens with one attached hydrogen (secondary N) is 1. The maximum atomic E-state index is 12.1. The maximum Gasteiger partial charge on any atom is 0.251 e. The average Bonchev–Trinajstić information content (AvgIpc) is 3.07. The third-order valence-electron chi connectivity index (χ3n) is 2.97. The van der Waals surface area contributed by atoms with Crippen molar-refractivity contribution < 1.29 is 14.3 Å². The first kappa shape index (κ1) is 16.7. The lowest BCUT2D eigenvalue weighted by atomic mass is 10.2. The number of thioether (sulfide) groups is 1. The van der Waals surface area contributed by atoms with Gasteiger partial charge in [-0.05, 0) is 23.6 Å². The van der Waals surface area contributed by atoms with E-state index in [0.717, 1.165) is 11.5 Å². The fraction of sp³-hybridized carbons (Fsp3) is 0.312. The van der Waals surface area contributed by atoms with Crippen molar-refractivity contribution in [3.05, 3.63) is 46.2 Å². The first-order chi connectivity index (χ1) is 10.7. The number of rotatable bonds is 8. The number of methoxy groups -OCH3 is 2. The van der Waals surface area contributed by atoms with E-state index in [4.69, 9.17) is 9.47 Å². The molecule has 118 valence electrons. The lowest BCUT2D eigenvalue weighted by molar-refractivity contribution is 0.0955. The molecule has 0 fully saturated rings. The van der Waals surface area contributed by atoms with Gasteiger partial charge >= 0.3 is 0 Å². The van der Waals surface area contributed by atoms with Crippen LogP contribution in [0.4, 0.5) is 0 Å². The van der Waals surface area contributed by atoms with Crippen LogP contribution in [0.15, 0.2) is 35.7 Å². The Morgan fingerprint density at radius 1 is 1.23 bits per heavy atom. The van der Waals surface area contributed by atoms with E-state index >= 15 is 0 Å². The molecule has 0 aliphatic carbocycles. The van der Waals surface area contributed by atoms with Gasteiger partial charge in [-0.15, -0.1) is 11.3 Å². The predicted octanol–water partition coefficient (Wildman–Crippen LogP) is 3.43. The second-order valence-corrected chi connectivity index (χ2v) is 6.63. The van der Waals surface area contributed by atoms with Gasteiger partial charge in [0.05, 0.1) is 14.2 Å². The van der Waals surface area contributed by atoms with E-state index in [9.17, 15) is 4.79 Å². The van der Waals surface area contributed by atoms with Gasteiger partial charge < -0.3 is 14.8 Å². The molecule has 1 aromatic heterocycles. The Kier molecular flexibility index (Phi) is 6.61. The average molecular weight is 337 g/mol. The summed E-state index contributed by atoms with van der Waals surface area (Å²) in [6.45, 7) is 0.633. The smallest absolute Gasteiger partial charge is 0.251 e. The van der Waals surface area contributed by atoms with E-state index in [1.54, 1.807) is 43.8 Å². The highest BCUT2D eigenvalue weighted by atomic mass is 32.2. The van der Waals surface area contributed by atoms with E-state index in [1.807, 2.05) is 11.8 Å². The van der Waals surface area contributed by atoms with E-state index in [0.29, 0.717) is 23.6 Å². The molecule has 0 aliphatic rings. The van der Waals surface area contributed by atoms with Gasteiger partial charge in [0.2, 0.25) is 0 Å². The van der Waals surface area contributed by atoms with Crippen molar-refractivity contribution in [2.75, 3.05) is 26.5 Å². The summed E-state index contributed by atoms with van der Waals surface area (Å²) in [5, 5.41) is 4.99. The molecule has 1 amide bonds. The molecule has 0 saturated heterocycles. The molecule has 0 bridgehead atoms. The summed E-state index contributed by atoms with van der Waals surface area (Å²) >= 11 is 3.57. The molecule has 2 rings (SSSR count). The second kappa shape index (κ2) is 8.70. The largest absolute Gasteiger partial charge is 0.497 e. The predicted molar refractivity (Wildman–Crippen MR) is 92.4 cm³/mol. The van der Waals surface area contributed by atoms with Crippen LogP contribution in [0, 0.1) is 0 Å².